The molecule has 0 saturated heterocycles. The van der Waals surface area contributed by atoms with Crippen molar-refractivity contribution in [3.05, 3.63) is 47.0 Å². The first-order valence-corrected chi connectivity index (χ1v) is 6.02. The molecule has 4 heteroatoms. The second-order valence-electron chi connectivity index (χ2n) is 4.26. The van der Waals surface area contributed by atoms with E-state index in [-0.39, 0.29) is 11.1 Å². The van der Waals surface area contributed by atoms with Gasteiger partial charge in [0.1, 0.15) is 11.2 Å². The van der Waals surface area contributed by atoms with Crippen molar-refractivity contribution in [3.63, 3.8) is 0 Å². The fourth-order valence-electron chi connectivity index (χ4n) is 1.79. The van der Waals surface area contributed by atoms with E-state index < -0.39 is 0 Å². The Morgan fingerprint density at radius 3 is 2.50 bits per heavy atom. The third-order valence-electron chi connectivity index (χ3n) is 2.66. The summed E-state index contributed by atoms with van der Waals surface area (Å²) in [4.78, 5) is 8.34. The van der Waals surface area contributed by atoms with Gasteiger partial charge in [-0.05, 0) is 29.7 Å². The second-order valence-corrected chi connectivity index (χ2v) is 4.62. The number of rotatable bonds is 2. The highest BCUT2D eigenvalue weighted by molar-refractivity contribution is 6.30. The van der Waals surface area contributed by atoms with E-state index in [9.17, 15) is 0 Å². The van der Waals surface area contributed by atoms with Crippen LogP contribution in [0.2, 0.25) is 5.15 Å². The van der Waals surface area contributed by atoms with Gasteiger partial charge in [0.15, 0.2) is 0 Å². The van der Waals surface area contributed by atoms with Crippen molar-refractivity contribution in [2.24, 2.45) is 0 Å². The molecule has 0 amide bonds. The van der Waals surface area contributed by atoms with Gasteiger partial charge in [-0.2, -0.15) is 5.26 Å². The van der Waals surface area contributed by atoms with E-state index in [1.54, 1.807) is 18.5 Å². The fourth-order valence-corrected chi connectivity index (χ4v) is 1.97. The minimum absolute atomic E-state index is 0.235. The lowest BCUT2D eigenvalue weighted by Crippen LogP contribution is -1.99. The third kappa shape index (κ3) is 2.34. The van der Waals surface area contributed by atoms with Gasteiger partial charge in [-0.1, -0.05) is 25.4 Å². The fraction of sp³-hybridized carbons (Fsp3) is 0.214. The molecule has 0 aromatic carbocycles. The van der Waals surface area contributed by atoms with Gasteiger partial charge >= 0.3 is 0 Å². The number of nitrogens with zero attached hydrogens (tertiary/aromatic N) is 3. The molecule has 0 atom stereocenters. The van der Waals surface area contributed by atoms with Crippen LogP contribution >= 0.6 is 11.6 Å². The van der Waals surface area contributed by atoms with Crippen LogP contribution < -0.4 is 0 Å². The standard InChI is InChI=1S/C14H12ClN3/c1-9(2)13-12(10-3-5-17-6-4-10)7-11(8-16)14(15)18-13/h3-7,9H,1-2H3. The summed E-state index contributed by atoms with van der Waals surface area (Å²) in [6.45, 7) is 4.10. The lowest BCUT2D eigenvalue weighted by molar-refractivity contribution is 0.825. The van der Waals surface area contributed by atoms with E-state index in [2.05, 4.69) is 29.9 Å². The molecule has 2 heterocycles. The van der Waals surface area contributed by atoms with Gasteiger partial charge in [-0.3, -0.25) is 4.98 Å². The van der Waals surface area contributed by atoms with Crippen LogP contribution in [0, 0.1) is 11.3 Å². The molecule has 0 saturated carbocycles. The van der Waals surface area contributed by atoms with E-state index in [1.807, 2.05) is 12.1 Å². The molecule has 0 aliphatic heterocycles. The number of halogens is 1. The molecule has 2 aromatic rings. The second kappa shape index (κ2) is 5.16. The minimum atomic E-state index is 0.235. The van der Waals surface area contributed by atoms with Crippen molar-refractivity contribution in [1.82, 2.24) is 9.97 Å². The summed E-state index contributed by atoms with van der Waals surface area (Å²) in [5, 5.41) is 9.30. The first-order valence-electron chi connectivity index (χ1n) is 5.64. The van der Waals surface area contributed by atoms with Gasteiger partial charge in [0.25, 0.3) is 0 Å². The lowest BCUT2D eigenvalue weighted by Gasteiger charge is -2.13. The molecule has 0 aliphatic rings. The monoisotopic (exact) mass is 257 g/mol. The van der Waals surface area contributed by atoms with Crippen molar-refractivity contribution in [2.75, 3.05) is 0 Å². The number of pyridine rings is 2. The maximum atomic E-state index is 9.03. The molecular weight excluding hydrogens is 246 g/mol. The van der Waals surface area contributed by atoms with Crippen molar-refractivity contribution >= 4 is 11.6 Å². The van der Waals surface area contributed by atoms with Gasteiger partial charge in [0.2, 0.25) is 0 Å². The zero-order valence-corrected chi connectivity index (χ0v) is 10.9. The third-order valence-corrected chi connectivity index (χ3v) is 2.95. The molecule has 2 rings (SSSR count). The Labute approximate surface area is 111 Å². The molecule has 0 fully saturated rings. The zero-order valence-electron chi connectivity index (χ0n) is 10.2. The average Bonchev–Trinajstić information content (AvgIpc) is 2.39. The molecule has 0 radical (unpaired) electrons. The minimum Gasteiger partial charge on any atom is -0.265 e. The molecule has 18 heavy (non-hydrogen) atoms. The average molecular weight is 258 g/mol. The van der Waals surface area contributed by atoms with Crippen LogP contribution in [-0.2, 0) is 0 Å². The van der Waals surface area contributed by atoms with Crippen LogP contribution in [0.5, 0.6) is 0 Å². The summed E-state index contributed by atoms with van der Waals surface area (Å²) in [5.41, 5.74) is 3.22. The first kappa shape index (κ1) is 12.5. The molecule has 0 aliphatic carbocycles. The van der Waals surface area contributed by atoms with Crippen molar-refractivity contribution < 1.29 is 0 Å². The van der Waals surface area contributed by atoms with Crippen LogP contribution in [-0.4, -0.2) is 9.97 Å². The molecule has 0 bridgehead atoms. The predicted octanol–water partition coefficient (Wildman–Crippen LogP) is 3.79. The molecule has 3 nitrogen and oxygen atoms in total. The van der Waals surface area contributed by atoms with Crippen molar-refractivity contribution in [1.29, 1.82) is 5.26 Å². The number of nitriles is 1. The Bertz CT molecular complexity index is 600. The Kier molecular flexibility index (Phi) is 3.59. The molecule has 0 spiro atoms. The number of hydrogen-bond donors (Lipinski definition) is 0. The number of aromatic nitrogens is 2. The molecule has 2 aromatic heterocycles. The van der Waals surface area contributed by atoms with E-state index in [0.717, 1.165) is 16.8 Å². The largest absolute Gasteiger partial charge is 0.265 e. The van der Waals surface area contributed by atoms with Gasteiger partial charge < -0.3 is 0 Å². The van der Waals surface area contributed by atoms with E-state index >= 15 is 0 Å². The zero-order chi connectivity index (χ0) is 13.1. The van der Waals surface area contributed by atoms with Crippen molar-refractivity contribution in [2.45, 2.75) is 19.8 Å². The molecular formula is C14H12ClN3. The highest BCUT2D eigenvalue weighted by atomic mass is 35.5. The highest BCUT2D eigenvalue weighted by Crippen LogP contribution is 2.30. The van der Waals surface area contributed by atoms with E-state index in [1.165, 1.54) is 0 Å². The lowest BCUT2D eigenvalue weighted by atomic mass is 9.97. The Morgan fingerprint density at radius 1 is 1.28 bits per heavy atom. The molecule has 90 valence electrons. The smallest absolute Gasteiger partial charge is 0.147 e. The highest BCUT2D eigenvalue weighted by Gasteiger charge is 2.14. The van der Waals surface area contributed by atoms with Gasteiger partial charge in [-0.25, -0.2) is 4.98 Å². The van der Waals surface area contributed by atoms with Crippen LogP contribution in [0.15, 0.2) is 30.6 Å². The van der Waals surface area contributed by atoms with Gasteiger partial charge in [-0.15, -0.1) is 0 Å². The summed E-state index contributed by atoms with van der Waals surface area (Å²) in [6.07, 6.45) is 3.44. The summed E-state index contributed by atoms with van der Waals surface area (Å²) < 4.78 is 0. The summed E-state index contributed by atoms with van der Waals surface area (Å²) in [6, 6.07) is 7.65. The summed E-state index contributed by atoms with van der Waals surface area (Å²) in [5.74, 6) is 0.235. The number of hydrogen-bond acceptors (Lipinski definition) is 3. The van der Waals surface area contributed by atoms with E-state index in [4.69, 9.17) is 16.9 Å². The molecule has 0 N–H and O–H groups in total. The Morgan fingerprint density at radius 2 is 1.94 bits per heavy atom. The Hall–Kier alpha value is -1.92. The van der Waals surface area contributed by atoms with Gasteiger partial charge in [0.05, 0.1) is 11.3 Å². The summed E-state index contributed by atoms with van der Waals surface area (Å²) >= 11 is 5.99. The molecule has 0 unspecified atom stereocenters. The van der Waals surface area contributed by atoms with E-state index in [0.29, 0.717) is 5.56 Å². The van der Waals surface area contributed by atoms with Crippen LogP contribution in [0.1, 0.15) is 31.0 Å². The quantitative estimate of drug-likeness (QED) is 0.769. The summed E-state index contributed by atoms with van der Waals surface area (Å²) in [7, 11) is 0. The van der Waals surface area contributed by atoms with Gasteiger partial charge in [0, 0.05) is 18.0 Å². The van der Waals surface area contributed by atoms with Crippen LogP contribution in [0.3, 0.4) is 0 Å². The Balaban J connectivity index is 2.69. The normalized spacial score (nSPS) is 10.4. The first-order chi connectivity index (χ1) is 8.63. The van der Waals surface area contributed by atoms with Crippen LogP contribution in [0.25, 0.3) is 11.1 Å². The van der Waals surface area contributed by atoms with Crippen LogP contribution in [0.4, 0.5) is 0 Å². The maximum Gasteiger partial charge on any atom is 0.147 e. The maximum absolute atomic E-state index is 9.03. The SMILES string of the molecule is CC(C)c1nc(Cl)c(C#N)cc1-c1ccncc1. The predicted molar refractivity (Wildman–Crippen MR) is 71.3 cm³/mol. The topological polar surface area (TPSA) is 49.6 Å². The van der Waals surface area contributed by atoms with Crippen molar-refractivity contribution in [3.8, 4) is 17.2 Å².